The van der Waals surface area contributed by atoms with Gasteiger partial charge in [-0.15, -0.1) is 0 Å². The molecule has 0 atom stereocenters. The van der Waals surface area contributed by atoms with Gasteiger partial charge in [-0.2, -0.15) is 0 Å². The molecular formula is C11H11F2N3. The summed E-state index contributed by atoms with van der Waals surface area (Å²) in [5, 5.41) is 2.86. The lowest BCUT2D eigenvalue weighted by Gasteiger charge is -2.07. The Kier molecular flexibility index (Phi) is 2.60. The van der Waals surface area contributed by atoms with Crippen LogP contribution in [0.2, 0.25) is 0 Å². The van der Waals surface area contributed by atoms with Gasteiger partial charge in [-0.05, 0) is 19.1 Å². The molecule has 0 radical (unpaired) electrons. The smallest absolute Gasteiger partial charge is 0.207 e. The number of nitrogens with one attached hydrogen (secondary N) is 1. The Bertz CT molecular complexity index is 500. The minimum atomic E-state index is -0.608. The number of hydrogen-bond acceptors (Lipinski definition) is 2. The first-order chi connectivity index (χ1) is 7.60. The van der Waals surface area contributed by atoms with Crippen molar-refractivity contribution in [1.82, 2.24) is 9.55 Å². The van der Waals surface area contributed by atoms with E-state index in [9.17, 15) is 8.78 Å². The van der Waals surface area contributed by atoms with E-state index in [-0.39, 0.29) is 0 Å². The maximum absolute atomic E-state index is 13.1. The van der Waals surface area contributed by atoms with E-state index in [1.165, 1.54) is 12.1 Å². The third-order valence-corrected chi connectivity index (χ3v) is 2.18. The van der Waals surface area contributed by atoms with Gasteiger partial charge in [0.2, 0.25) is 5.95 Å². The first-order valence-corrected chi connectivity index (χ1v) is 4.80. The monoisotopic (exact) mass is 223 g/mol. The molecule has 1 aromatic carbocycles. The predicted molar refractivity (Wildman–Crippen MR) is 57.8 cm³/mol. The fourth-order valence-electron chi connectivity index (χ4n) is 1.55. The van der Waals surface area contributed by atoms with Gasteiger partial charge in [0, 0.05) is 19.3 Å². The fourth-order valence-corrected chi connectivity index (χ4v) is 1.55. The van der Waals surface area contributed by atoms with Crippen molar-refractivity contribution in [1.29, 1.82) is 0 Å². The maximum atomic E-state index is 13.1. The van der Waals surface area contributed by atoms with E-state index in [4.69, 9.17) is 0 Å². The lowest BCUT2D eigenvalue weighted by molar-refractivity contribution is 0.581. The summed E-state index contributed by atoms with van der Waals surface area (Å²) in [6, 6.07) is 3.35. The van der Waals surface area contributed by atoms with Crippen molar-refractivity contribution in [2.24, 2.45) is 0 Å². The molecule has 1 heterocycles. The summed E-state index contributed by atoms with van der Waals surface area (Å²) in [5.74, 6) is -0.672. The van der Waals surface area contributed by atoms with Crippen LogP contribution in [0.5, 0.6) is 0 Å². The van der Waals surface area contributed by atoms with Gasteiger partial charge in [0.25, 0.3) is 0 Å². The number of imidazole rings is 1. The quantitative estimate of drug-likeness (QED) is 0.847. The van der Waals surface area contributed by atoms with E-state index in [1.54, 1.807) is 17.8 Å². The highest BCUT2D eigenvalue weighted by Crippen LogP contribution is 2.18. The Labute approximate surface area is 91.7 Å². The molecule has 0 fully saturated rings. The number of rotatable bonds is 2. The largest absolute Gasteiger partial charge is 0.358 e. The number of hydrogen-bond donors (Lipinski definition) is 1. The molecule has 84 valence electrons. The highest BCUT2D eigenvalue weighted by molar-refractivity contribution is 5.43. The number of benzene rings is 1. The summed E-state index contributed by atoms with van der Waals surface area (Å²) in [7, 11) is 1.70. The van der Waals surface area contributed by atoms with Crippen molar-refractivity contribution in [2.45, 2.75) is 6.92 Å². The normalized spacial score (nSPS) is 10.5. The van der Waals surface area contributed by atoms with Gasteiger partial charge in [0.1, 0.15) is 11.6 Å². The summed E-state index contributed by atoms with van der Waals surface area (Å²) in [6.07, 6.45) is 1.71. The Hall–Kier alpha value is -1.91. The van der Waals surface area contributed by atoms with Gasteiger partial charge < -0.3 is 5.32 Å². The summed E-state index contributed by atoms with van der Waals surface area (Å²) in [4.78, 5) is 4.17. The topological polar surface area (TPSA) is 29.9 Å². The van der Waals surface area contributed by atoms with Crippen molar-refractivity contribution >= 4 is 5.95 Å². The van der Waals surface area contributed by atoms with Gasteiger partial charge in [0.05, 0.1) is 11.4 Å². The molecule has 3 nitrogen and oxygen atoms in total. The number of aromatic nitrogens is 2. The first-order valence-electron chi connectivity index (χ1n) is 4.80. The van der Waals surface area contributed by atoms with Crippen LogP contribution in [0, 0.1) is 18.6 Å². The van der Waals surface area contributed by atoms with Crippen LogP contribution in [-0.4, -0.2) is 16.6 Å². The Morgan fingerprint density at radius 3 is 2.38 bits per heavy atom. The van der Waals surface area contributed by atoms with Crippen molar-refractivity contribution in [2.75, 3.05) is 12.4 Å². The summed E-state index contributed by atoms with van der Waals surface area (Å²) in [6.45, 7) is 1.81. The van der Waals surface area contributed by atoms with Crippen molar-refractivity contribution in [3.05, 3.63) is 41.7 Å². The molecule has 16 heavy (non-hydrogen) atoms. The second kappa shape index (κ2) is 3.92. The molecule has 0 aliphatic carbocycles. The van der Waals surface area contributed by atoms with Gasteiger partial charge in [0.15, 0.2) is 0 Å². The van der Waals surface area contributed by atoms with Crippen molar-refractivity contribution < 1.29 is 8.78 Å². The molecule has 0 saturated heterocycles. The summed E-state index contributed by atoms with van der Waals surface area (Å²) >= 11 is 0. The lowest BCUT2D eigenvalue weighted by atomic mass is 10.3. The van der Waals surface area contributed by atoms with Crippen LogP contribution < -0.4 is 5.32 Å². The highest BCUT2D eigenvalue weighted by Gasteiger charge is 2.08. The standard InChI is InChI=1S/C11H11F2N3/c1-7-6-16(11(14-2)15-7)10-4-8(12)3-9(13)5-10/h3-6H,1-2H3,(H,14,15). The van der Waals surface area contributed by atoms with Crippen LogP contribution in [0.4, 0.5) is 14.7 Å². The summed E-state index contributed by atoms with van der Waals surface area (Å²) < 4.78 is 27.7. The maximum Gasteiger partial charge on any atom is 0.207 e. The van der Waals surface area contributed by atoms with E-state index < -0.39 is 11.6 Å². The second-order valence-corrected chi connectivity index (χ2v) is 3.45. The van der Waals surface area contributed by atoms with Crippen molar-refractivity contribution in [3.63, 3.8) is 0 Å². The molecule has 0 aliphatic heterocycles. The number of halogens is 2. The highest BCUT2D eigenvalue weighted by atomic mass is 19.1. The minimum Gasteiger partial charge on any atom is -0.358 e. The molecule has 1 aromatic heterocycles. The molecule has 0 aliphatic rings. The van der Waals surface area contributed by atoms with Gasteiger partial charge in [-0.1, -0.05) is 0 Å². The van der Waals surface area contributed by atoms with Crippen molar-refractivity contribution in [3.8, 4) is 5.69 Å². The van der Waals surface area contributed by atoms with Gasteiger partial charge in [-0.25, -0.2) is 13.8 Å². The number of aryl methyl sites for hydroxylation is 1. The van der Waals surface area contributed by atoms with Gasteiger partial charge >= 0.3 is 0 Å². The number of anilines is 1. The molecule has 0 amide bonds. The van der Waals surface area contributed by atoms with E-state index in [0.717, 1.165) is 11.8 Å². The molecule has 2 rings (SSSR count). The third kappa shape index (κ3) is 1.88. The third-order valence-electron chi connectivity index (χ3n) is 2.18. The van der Waals surface area contributed by atoms with E-state index in [2.05, 4.69) is 10.3 Å². The molecule has 1 N–H and O–H groups in total. The molecule has 0 unspecified atom stereocenters. The molecule has 0 spiro atoms. The second-order valence-electron chi connectivity index (χ2n) is 3.45. The SMILES string of the molecule is CNc1nc(C)cn1-c1cc(F)cc(F)c1. The molecular weight excluding hydrogens is 212 g/mol. The Morgan fingerprint density at radius 1 is 1.19 bits per heavy atom. The molecule has 5 heteroatoms. The van der Waals surface area contributed by atoms with Crippen LogP contribution in [0.1, 0.15) is 5.69 Å². The zero-order valence-corrected chi connectivity index (χ0v) is 8.96. The first kappa shape index (κ1) is 10.6. The Balaban J connectivity index is 2.57. The zero-order chi connectivity index (χ0) is 11.7. The van der Waals surface area contributed by atoms with E-state index in [1.807, 2.05) is 6.92 Å². The fraction of sp³-hybridized carbons (Fsp3) is 0.182. The van der Waals surface area contributed by atoms with Gasteiger partial charge in [-0.3, -0.25) is 4.57 Å². The average molecular weight is 223 g/mol. The predicted octanol–water partition coefficient (Wildman–Crippen LogP) is 2.50. The molecule has 2 aromatic rings. The molecule has 0 bridgehead atoms. The average Bonchev–Trinajstić information content (AvgIpc) is 2.58. The van der Waals surface area contributed by atoms with E-state index >= 15 is 0 Å². The van der Waals surface area contributed by atoms with Crippen LogP contribution in [-0.2, 0) is 0 Å². The lowest BCUT2D eigenvalue weighted by Crippen LogP contribution is -2.01. The molecule has 0 saturated carbocycles. The summed E-state index contributed by atoms with van der Waals surface area (Å²) in [5.41, 5.74) is 1.18. The van der Waals surface area contributed by atoms with E-state index in [0.29, 0.717) is 11.6 Å². The minimum absolute atomic E-state index is 0.405. The van der Waals surface area contributed by atoms with Crippen LogP contribution >= 0.6 is 0 Å². The van der Waals surface area contributed by atoms with Crippen LogP contribution in [0.3, 0.4) is 0 Å². The number of nitrogens with zero attached hydrogens (tertiary/aromatic N) is 2. The zero-order valence-electron chi connectivity index (χ0n) is 8.96. The van der Waals surface area contributed by atoms with Crippen LogP contribution in [0.15, 0.2) is 24.4 Å². The Morgan fingerprint density at radius 2 is 1.81 bits per heavy atom. The van der Waals surface area contributed by atoms with Crippen LogP contribution in [0.25, 0.3) is 5.69 Å².